The maximum atomic E-state index is 11.4. The number of amides is 1. The van der Waals surface area contributed by atoms with Crippen LogP contribution in [0.1, 0.15) is 25.3 Å². The molecule has 1 rings (SSSR count). The summed E-state index contributed by atoms with van der Waals surface area (Å²) in [7, 11) is 1.59. The Hall–Kier alpha value is -1.62. The average Bonchev–Trinajstić information content (AvgIpc) is 2.39. The molecule has 1 amide bonds. The third-order valence-corrected chi connectivity index (χ3v) is 2.50. The molecule has 0 saturated heterocycles. The fraction of sp³-hybridized carbons (Fsp3) is 0.538. The summed E-state index contributed by atoms with van der Waals surface area (Å²) < 4.78 is 5.13. The predicted molar refractivity (Wildman–Crippen MR) is 70.4 cm³/mol. The SMILES string of the molecule is CCCCNC(=O)CNCc1cccnc1OC. The van der Waals surface area contributed by atoms with Crippen molar-refractivity contribution in [2.75, 3.05) is 20.2 Å². The lowest BCUT2D eigenvalue weighted by atomic mass is 10.2. The van der Waals surface area contributed by atoms with Crippen LogP contribution in [0.5, 0.6) is 5.88 Å². The molecule has 0 radical (unpaired) electrons. The van der Waals surface area contributed by atoms with Crippen molar-refractivity contribution in [1.82, 2.24) is 15.6 Å². The molecule has 18 heavy (non-hydrogen) atoms. The van der Waals surface area contributed by atoms with E-state index in [9.17, 15) is 4.79 Å². The van der Waals surface area contributed by atoms with Crippen LogP contribution in [0.4, 0.5) is 0 Å². The Labute approximate surface area is 108 Å². The average molecular weight is 251 g/mol. The molecular formula is C13H21N3O2. The molecular weight excluding hydrogens is 230 g/mol. The second-order valence-electron chi connectivity index (χ2n) is 3.98. The number of pyridine rings is 1. The lowest BCUT2D eigenvalue weighted by Crippen LogP contribution is -2.34. The highest BCUT2D eigenvalue weighted by Gasteiger charge is 2.04. The highest BCUT2D eigenvalue weighted by molar-refractivity contribution is 5.77. The molecule has 0 unspecified atom stereocenters. The monoisotopic (exact) mass is 251 g/mol. The summed E-state index contributed by atoms with van der Waals surface area (Å²) in [6, 6.07) is 3.77. The fourth-order valence-electron chi connectivity index (χ4n) is 1.52. The van der Waals surface area contributed by atoms with E-state index in [4.69, 9.17) is 4.74 Å². The van der Waals surface area contributed by atoms with Crippen LogP contribution in [0.25, 0.3) is 0 Å². The second kappa shape index (κ2) is 8.47. The zero-order valence-electron chi connectivity index (χ0n) is 11.0. The smallest absolute Gasteiger partial charge is 0.233 e. The number of hydrogen-bond acceptors (Lipinski definition) is 4. The van der Waals surface area contributed by atoms with Gasteiger partial charge in [0.25, 0.3) is 0 Å². The summed E-state index contributed by atoms with van der Waals surface area (Å²) in [6.45, 7) is 3.71. The van der Waals surface area contributed by atoms with Crippen molar-refractivity contribution in [2.45, 2.75) is 26.3 Å². The molecule has 0 aliphatic heterocycles. The fourth-order valence-corrected chi connectivity index (χ4v) is 1.52. The van der Waals surface area contributed by atoms with Gasteiger partial charge in [0.2, 0.25) is 11.8 Å². The van der Waals surface area contributed by atoms with Crippen molar-refractivity contribution in [3.8, 4) is 5.88 Å². The first-order valence-electron chi connectivity index (χ1n) is 6.23. The van der Waals surface area contributed by atoms with Gasteiger partial charge in [-0.3, -0.25) is 4.79 Å². The first-order chi connectivity index (χ1) is 8.77. The number of nitrogens with zero attached hydrogens (tertiary/aromatic N) is 1. The first kappa shape index (κ1) is 14.4. The van der Waals surface area contributed by atoms with Crippen LogP contribution >= 0.6 is 0 Å². The summed E-state index contributed by atoms with van der Waals surface area (Å²) in [6.07, 6.45) is 3.78. The summed E-state index contributed by atoms with van der Waals surface area (Å²) >= 11 is 0. The number of methoxy groups -OCH3 is 1. The molecule has 1 heterocycles. The molecule has 100 valence electrons. The molecule has 5 nitrogen and oxygen atoms in total. The quantitative estimate of drug-likeness (QED) is 0.679. The number of aromatic nitrogens is 1. The molecule has 0 fully saturated rings. The summed E-state index contributed by atoms with van der Waals surface area (Å²) in [4.78, 5) is 15.5. The van der Waals surface area contributed by atoms with Crippen LogP contribution in [-0.2, 0) is 11.3 Å². The Morgan fingerprint density at radius 1 is 1.50 bits per heavy atom. The van der Waals surface area contributed by atoms with Gasteiger partial charge in [-0.2, -0.15) is 0 Å². The topological polar surface area (TPSA) is 63.2 Å². The molecule has 0 aliphatic rings. The molecule has 0 bridgehead atoms. The normalized spacial score (nSPS) is 10.1. The van der Waals surface area contributed by atoms with Crippen LogP contribution in [-0.4, -0.2) is 31.1 Å². The van der Waals surface area contributed by atoms with Gasteiger partial charge in [0.1, 0.15) is 0 Å². The molecule has 1 aromatic heterocycles. The molecule has 2 N–H and O–H groups in total. The van der Waals surface area contributed by atoms with Gasteiger partial charge in [0.05, 0.1) is 13.7 Å². The molecule has 0 spiro atoms. The van der Waals surface area contributed by atoms with Crippen LogP contribution in [0.2, 0.25) is 0 Å². The van der Waals surface area contributed by atoms with Crippen molar-refractivity contribution < 1.29 is 9.53 Å². The Morgan fingerprint density at radius 2 is 2.33 bits per heavy atom. The van der Waals surface area contributed by atoms with Crippen LogP contribution in [0.15, 0.2) is 18.3 Å². The van der Waals surface area contributed by atoms with E-state index in [-0.39, 0.29) is 5.91 Å². The van der Waals surface area contributed by atoms with E-state index in [1.807, 2.05) is 12.1 Å². The Bertz CT molecular complexity index is 369. The van der Waals surface area contributed by atoms with Crippen molar-refractivity contribution >= 4 is 5.91 Å². The maximum absolute atomic E-state index is 11.4. The molecule has 1 aromatic rings. The largest absolute Gasteiger partial charge is 0.481 e. The summed E-state index contributed by atoms with van der Waals surface area (Å²) in [5.74, 6) is 0.614. The zero-order valence-corrected chi connectivity index (χ0v) is 11.0. The van der Waals surface area contributed by atoms with E-state index in [1.165, 1.54) is 0 Å². The van der Waals surface area contributed by atoms with Gasteiger partial charge >= 0.3 is 0 Å². The third kappa shape index (κ3) is 5.14. The minimum atomic E-state index is 0.0197. The zero-order chi connectivity index (χ0) is 13.2. The molecule has 5 heteroatoms. The van der Waals surface area contributed by atoms with E-state index < -0.39 is 0 Å². The van der Waals surface area contributed by atoms with E-state index in [2.05, 4.69) is 22.5 Å². The van der Waals surface area contributed by atoms with Crippen molar-refractivity contribution in [3.63, 3.8) is 0 Å². The van der Waals surface area contributed by atoms with E-state index in [0.717, 1.165) is 24.9 Å². The minimum Gasteiger partial charge on any atom is -0.481 e. The van der Waals surface area contributed by atoms with Gasteiger partial charge in [-0.15, -0.1) is 0 Å². The Balaban J connectivity index is 2.26. The molecule has 0 aliphatic carbocycles. The first-order valence-corrected chi connectivity index (χ1v) is 6.23. The number of hydrogen-bond donors (Lipinski definition) is 2. The lowest BCUT2D eigenvalue weighted by Gasteiger charge is -2.08. The van der Waals surface area contributed by atoms with Gasteiger partial charge in [-0.25, -0.2) is 4.98 Å². The van der Waals surface area contributed by atoms with Crippen molar-refractivity contribution in [3.05, 3.63) is 23.9 Å². The van der Waals surface area contributed by atoms with Gasteiger partial charge in [0, 0.05) is 24.8 Å². The van der Waals surface area contributed by atoms with Gasteiger partial charge in [-0.05, 0) is 12.5 Å². The molecule has 0 aromatic carbocycles. The van der Waals surface area contributed by atoms with E-state index in [1.54, 1.807) is 13.3 Å². The number of carbonyl (C=O) groups excluding carboxylic acids is 1. The second-order valence-corrected chi connectivity index (χ2v) is 3.98. The highest BCUT2D eigenvalue weighted by atomic mass is 16.5. The third-order valence-electron chi connectivity index (χ3n) is 2.50. The number of carbonyl (C=O) groups is 1. The summed E-state index contributed by atoms with van der Waals surface area (Å²) in [5, 5.41) is 5.92. The minimum absolute atomic E-state index is 0.0197. The van der Waals surface area contributed by atoms with Gasteiger partial charge < -0.3 is 15.4 Å². The van der Waals surface area contributed by atoms with Crippen molar-refractivity contribution in [1.29, 1.82) is 0 Å². The van der Waals surface area contributed by atoms with Crippen LogP contribution in [0.3, 0.4) is 0 Å². The van der Waals surface area contributed by atoms with Crippen molar-refractivity contribution in [2.24, 2.45) is 0 Å². The highest BCUT2D eigenvalue weighted by Crippen LogP contribution is 2.12. The number of ether oxygens (including phenoxy) is 1. The van der Waals surface area contributed by atoms with E-state index >= 15 is 0 Å². The van der Waals surface area contributed by atoms with E-state index in [0.29, 0.717) is 19.0 Å². The summed E-state index contributed by atoms with van der Waals surface area (Å²) in [5.41, 5.74) is 0.946. The van der Waals surface area contributed by atoms with Crippen LogP contribution < -0.4 is 15.4 Å². The molecule has 0 saturated carbocycles. The Morgan fingerprint density at radius 3 is 3.06 bits per heavy atom. The number of unbranched alkanes of at least 4 members (excludes halogenated alkanes) is 1. The standard InChI is InChI=1S/C13H21N3O2/c1-3-4-7-15-12(17)10-14-9-11-6-5-8-16-13(11)18-2/h5-6,8,14H,3-4,7,9-10H2,1-2H3,(H,15,17). The number of nitrogens with one attached hydrogen (secondary N) is 2. The Kier molecular flexibility index (Phi) is 6.79. The predicted octanol–water partition coefficient (Wildman–Crippen LogP) is 1.10. The lowest BCUT2D eigenvalue weighted by molar-refractivity contribution is -0.120. The van der Waals surface area contributed by atoms with Crippen LogP contribution in [0, 0.1) is 0 Å². The van der Waals surface area contributed by atoms with Gasteiger partial charge in [-0.1, -0.05) is 19.4 Å². The van der Waals surface area contributed by atoms with Gasteiger partial charge in [0.15, 0.2) is 0 Å². The maximum Gasteiger partial charge on any atom is 0.233 e. The molecule has 0 atom stereocenters. The number of rotatable bonds is 8.